The van der Waals surface area contributed by atoms with Gasteiger partial charge in [-0.2, -0.15) is 5.10 Å². The summed E-state index contributed by atoms with van der Waals surface area (Å²) >= 11 is 0. The molecule has 0 fully saturated rings. The monoisotopic (exact) mass is 387 g/mol. The number of benzene rings is 2. The van der Waals surface area contributed by atoms with E-state index in [0.717, 1.165) is 11.1 Å². The molecule has 0 aliphatic carbocycles. The van der Waals surface area contributed by atoms with Gasteiger partial charge in [0, 0.05) is 12.1 Å². The molecule has 0 saturated carbocycles. The Labute approximate surface area is 167 Å². The Bertz CT molecular complexity index is 1210. The maximum atomic E-state index is 12.8. The first-order valence-corrected chi connectivity index (χ1v) is 9.42. The van der Waals surface area contributed by atoms with Crippen LogP contribution in [0.1, 0.15) is 21.5 Å². The van der Waals surface area contributed by atoms with Crippen molar-refractivity contribution in [1.29, 1.82) is 0 Å². The third kappa shape index (κ3) is 3.94. The van der Waals surface area contributed by atoms with Gasteiger partial charge in [-0.3, -0.25) is 14.2 Å². The average Bonchev–Trinajstić information content (AvgIpc) is 3.16. The molecule has 0 radical (unpaired) electrons. The van der Waals surface area contributed by atoms with E-state index in [-0.39, 0.29) is 11.5 Å². The summed E-state index contributed by atoms with van der Waals surface area (Å²) in [6.07, 6.45) is 3.09. The Kier molecular flexibility index (Phi) is 5.20. The quantitative estimate of drug-likeness (QED) is 0.551. The largest absolute Gasteiger partial charge is 0.350 e. The molecule has 29 heavy (non-hydrogen) atoms. The SMILES string of the molecule is Cc1ccccc1Cn1cnc2c(cnn2CCNC(=O)c2ccccc2)c1=O. The van der Waals surface area contributed by atoms with Gasteiger partial charge in [-0.25, -0.2) is 9.67 Å². The van der Waals surface area contributed by atoms with E-state index >= 15 is 0 Å². The number of carbonyl (C=O) groups is 1. The predicted molar refractivity (Wildman–Crippen MR) is 111 cm³/mol. The zero-order valence-corrected chi connectivity index (χ0v) is 16.1. The summed E-state index contributed by atoms with van der Waals surface area (Å²) < 4.78 is 3.23. The number of aryl methyl sites for hydroxylation is 1. The van der Waals surface area contributed by atoms with Crippen LogP contribution in [0.15, 0.2) is 71.9 Å². The van der Waals surface area contributed by atoms with Crippen molar-refractivity contribution in [3.63, 3.8) is 0 Å². The van der Waals surface area contributed by atoms with Crippen LogP contribution in [-0.4, -0.2) is 31.8 Å². The highest BCUT2D eigenvalue weighted by Gasteiger charge is 2.11. The second-order valence-corrected chi connectivity index (χ2v) is 6.83. The summed E-state index contributed by atoms with van der Waals surface area (Å²) in [4.78, 5) is 29.4. The average molecular weight is 387 g/mol. The van der Waals surface area contributed by atoms with Crippen molar-refractivity contribution in [2.75, 3.05) is 6.54 Å². The first-order chi connectivity index (χ1) is 14.1. The Hall–Kier alpha value is -3.74. The van der Waals surface area contributed by atoms with Crippen LogP contribution in [0.5, 0.6) is 0 Å². The molecular formula is C22H21N5O2. The number of hydrogen-bond donors (Lipinski definition) is 1. The number of rotatable bonds is 6. The normalized spacial score (nSPS) is 10.9. The van der Waals surface area contributed by atoms with Crippen molar-refractivity contribution in [3.8, 4) is 0 Å². The van der Waals surface area contributed by atoms with E-state index in [4.69, 9.17) is 0 Å². The van der Waals surface area contributed by atoms with Crippen molar-refractivity contribution in [1.82, 2.24) is 24.6 Å². The number of hydrogen-bond acceptors (Lipinski definition) is 4. The molecule has 2 aromatic heterocycles. The topological polar surface area (TPSA) is 81.8 Å². The number of amides is 1. The fraction of sp³-hybridized carbons (Fsp3) is 0.182. The Morgan fingerprint density at radius 1 is 1.07 bits per heavy atom. The second-order valence-electron chi connectivity index (χ2n) is 6.83. The summed E-state index contributed by atoms with van der Waals surface area (Å²) in [5.74, 6) is -0.143. The highest BCUT2D eigenvalue weighted by molar-refractivity contribution is 5.94. The molecule has 7 heteroatoms. The fourth-order valence-corrected chi connectivity index (χ4v) is 3.21. The summed E-state index contributed by atoms with van der Waals surface area (Å²) in [7, 11) is 0. The van der Waals surface area contributed by atoms with Gasteiger partial charge in [-0.15, -0.1) is 0 Å². The van der Waals surface area contributed by atoms with Crippen LogP contribution in [0.4, 0.5) is 0 Å². The highest BCUT2D eigenvalue weighted by Crippen LogP contribution is 2.10. The van der Waals surface area contributed by atoms with Crippen LogP contribution in [0.3, 0.4) is 0 Å². The molecule has 0 unspecified atom stereocenters. The molecule has 2 aromatic carbocycles. The minimum absolute atomic E-state index is 0.127. The summed E-state index contributed by atoms with van der Waals surface area (Å²) in [6, 6.07) is 17.0. The molecule has 0 spiro atoms. The van der Waals surface area contributed by atoms with Crippen LogP contribution >= 0.6 is 0 Å². The van der Waals surface area contributed by atoms with E-state index in [2.05, 4.69) is 15.4 Å². The molecule has 0 saturated heterocycles. The van der Waals surface area contributed by atoms with Crippen molar-refractivity contribution in [3.05, 3.63) is 94.2 Å². The minimum atomic E-state index is -0.143. The van der Waals surface area contributed by atoms with Gasteiger partial charge in [0.1, 0.15) is 11.7 Å². The lowest BCUT2D eigenvalue weighted by Gasteiger charge is -2.09. The number of aromatic nitrogens is 4. The standard InChI is InChI=1S/C22H21N5O2/c1-16-7-5-6-10-18(16)14-26-15-24-20-19(22(26)29)13-25-27(20)12-11-23-21(28)17-8-3-2-4-9-17/h2-10,13,15H,11-12,14H2,1H3,(H,23,28). The van der Waals surface area contributed by atoms with E-state index < -0.39 is 0 Å². The van der Waals surface area contributed by atoms with Gasteiger partial charge in [-0.05, 0) is 30.2 Å². The van der Waals surface area contributed by atoms with Crippen molar-refractivity contribution in [2.45, 2.75) is 20.0 Å². The summed E-state index contributed by atoms with van der Waals surface area (Å²) in [5, 5.41) is 7.60. The number of carbonyl (C=O) groups excluding carboxylic acids is 1. The molecule has 7 nitrogen and oxygen atoms in total. The molecule has 1 N–H and O–H groups in total. The number of nitrogens with zero attached hydrogens (tertiary/aromatic N) is 4. The first kappa shape index (κ1) is 18.6. The molecule has 0 aliphatic rings. The Balaban J connectivity index is 1.48. The lowest BCUT2D eigenvalue weighted by molar-refractivity contribution is 0.0952. The van der Waals surface area contributed by atoms with Crippen LogP contribution in [-0.2, 0) is 13.1 Å². The van der Waals surface area contributed by atoms with Crippen LogP contribution in [0, 0.1) is 6.92 Å². The van der Waals surface area contributed by atoms with Crippen molar-refractivity contribution >= 4 is 16.9 Å². The summed E-state index contributed by atoms with van der Waals surface area (Å²) in [6.45, 7) is 3.30. The van der Waals surface area contributed by atoms with E-state index in [1.807, 2.05) is 49.4 Å². The number of nitrogens with one attached hydrogen (secondary N) is 1. The smallest absolute Gasteiger partial charge is 0.264 e. The van der Waals surface area contributed by atoms with E-state index in [9.17, 15) is 9.59 Å². The Morgan fingerprint density at radius 3 is 2.62 bits per heavy atom. The van der Waals surface area contributed by atoms with Gasteiger partial charge in [0.25, 0.3) is 11.5 Å². The van der Waals surface area contributed by atoms with E-state index in [1.54, 1.807) is 27.7 Å². The lowest BCUT2D eigenvalue weighted by Crippen LogP contribution is -2.27. The van der Waals surface area contributed by atoms with Crippen LogP contribution in [0.2, 0.25) is 0 Å². The van der Waals surface area contributed by atoms with Gasteiger partial charge < -0.3 is 5.32 Å². The van der Waals surface area contributed by atoms with Gasteiger partial charge in [-0.1, -0.05) is 42.5 Å². The van der Waals surface area contributed by atoms with E-state index in [1.165, 1.54) is 6.20 Å². The highest BCUT2D eigenvalue weighted by atomic mass is 16.1. The molecule has 2 heterocycles. The van der Waals surface area contributed by atoms with Crippen LogP contribution < -0.4 is 10.9 Å². The second kappa shape index (κ2) is 8.10. The maximum Gasteiger partial charge on any atom is 0.264 e. The van der Waals surface area contributed by atoms with Crippen LogP contribution in [0.25, 0.3) is 11.0 Å². The zero-order chi connectivity index (χ0) is 20.2. The maximum absolute atomic E-state index is 12.8. The molecule has 0 bridgehead atoms. The van der Waals surface area contributed by atoms with Crippen molar-refractivity contribution in [2.24, 2.45) is 0 Å². The lowest BCUT2D eigenvalue weighted by atomic mass is 10.1. The van der Waals surface area contributed by atoms with Gasteiger partial charge in [0.15, 0.2) is 5.65 Å². The number of fused-ring (bicyclic) bond motifs is 1. The molecule has 0 aliphatic heterocycles. The van der Waals surface area contributed by atoms with E-state index in [0.29, 0.717) is 36.2 Å². The van der Waals surface area contributed by atoms with Gasteiger partial charge >= 0.3 is 0 Å². The molecule has 146 valence electrons. The van der Waals surface area contributed by atoms with Gasteiger partial charge in [0.2, 0.25) is 0 Å². The minimum Gasteiger partial charge on any atom is -0.350 e. The molecule has 4 rings (SSSR count). The molecule has 1 amide bonds. The first-order valence-electron chi connectivity index (χ1n) is 9.42. The molecule has 4 aromatic rings. The third-order valence-electron chi connectivity index (χ3n) is 4.87. The summed E-state index contributed by atoms with van der Waals surface area (Å²) in [5.41, 5.74) is 3.20. The Morgan fingerprint density at radius 2 is 1.83 bits per heavy atom. The fourth-order valence-electron chi connectivity index (χ4n) is 3.21. The molecular weight excluding hydrogens is 366 g/mol. The predicted octanol–water partition coefficient (Wildman–Crippen LogP) is 2.38. The van der Waals surface area contributed by atoms with Crippen molar-refractivity contribution < 1.29 is 4.79 Å². The zero-order valence-electron chi connectivity index (χ0n) is 16.1. The molecule has 0 atom stereocenters. The third-order valence-corrected chi connectivity index (χ3v) is 4.87. The van der Waals surface area contributed by atoms with Gasteiger partial charge in [0.05, 0.1) is 19.3 Å².